The Morgan fingerprint density at radius 2 is 1.89 bits per heavy atom. The molecule has 10 nitrogen and oxygen atoms in total. The molecule has 0 radical (unpaired) electrons. The van der Waals surface area contributed by atoms with Gasteiger partial charge in [-0.15, -0.1) is 10.2 Å². The number of carbonyl (C=O) groups excluding carboxylic acids is 1. The van der Waals surface area contributed by atoms with Gasteiger partial charge in [0.15, 0.2) is 0 Å². The van der Waals surface area contributed by atoms with Crippen LogP contribution in [-0.4, -0.2) is 57.9 Å². The van der Waals surface area contributed by atoms with Crippen molar-refractivity contribution in [1.29, 1.82) is 0 Å². The van der Waals surface area contributed by atoms with E-state index in [2.05, 4.69) is 48.1 Å². The largest absolute Gasteiger partial charge is 0.336 e. The van der Waals surface area contributed by atoms with Gasteiger partial charge in [-0.2, -0.15) is 17.9 Å². The molecule has 2 N–H and O–H groups in total. The van der Waals surface area contributed by atoms with Crippen LogP contribution in [-0.2, 0) is 16.8 Å². The van der Waals surface area contributed by atoms with Crippen molar-refractivity contribution in [3.05, 3.63) is 65.0 Å². The second-order valence-corrected chi connectivity index (χ2v) is 12.0. The summed E-state index contributed by atoms with van der Waals surface area (Å²) in [6.07, 6.45) is 7.95. The summed E-state index contributed by atoms with van der Waals surface area (Å²) in [6, 6.07) is 13.8. The number of amides is 1. The van der Waals surface area contributed by atoms with Crippen LogP contribution in [0.4, 0.5) is 0 Å². The standard InChI is InChI=1S/C27H29N7O3S/c1-33(2)38(36,37)30-27(35)19-12-13-22-23(15-19)34-16-20(26-28-31-32-29-26)14-18-10-6-7-11-21(18)25(34)24(22)17-8-4-3-5-9-17/h6-7,10-15,17H,3-5,8-9,16H2,1-2H3,(H,30,35)(H,28,29,31,32). The van der Waals surface area contributed by atoms with Gasteiger partial charge in [0, 0.05) is 41.7 Å². The average Bonchev–Trinajstić information content (AvgIpc) is 3.52. The van der Waals surface area contributed by atoms with Crippen molar-refractivity contribution in [2.24, 2.45) is 0 Å². The molecule has 1 aliphatic carbocycles. The summed E-state index contributed by atoms with van der Waals surface area (Å²) >= 11 is 0. The number of aromatic amines is 1. The van der Waals surface area contributed by atoms with Crippen LogP contribution in [0.25, 0.3) is 33.8 Å². The molecule has 0 unspecified atom stereocenters. The number of H-pyrrole nitrogens is 1. The Morgan fingerprint density at radius 3 is 2.63 bits per heavy atom. The molecule has 3 heterocycles. The number of hydrogen-bond donors (Lipinski definition) is 2. The molecule has 2 aromatic carbocycles. The minimum Gasteiger partial charge on any atom is -0.336 e. The lowest BCUT2D eigenvalue weighted by Gasteiger charge is -2.24. The summed E-state index contributed by atoms with van der Waals surface area (Å²) in [4.78, 5) is 13.0. The van der Waals surface area contributed by atoms with Crippen LogP contribution in [0.3, 0.4) is 0 Å². The molecular weight excluding hydrogens is 502 g/mol. The van der Waals surface area contributed by atoms with Crippen LogP contribution in [0.5, 0.6) is 0 Å². The lowest BCUT2D eigenvalue weighted by Crippen LogP contribution is -2.39. The van der Waals surface area contributed by atoms with Gasteiger partial charge < -0.3 is 4.57 Å². The second kappa shape index (κ2) is 9.48. The first kappa shape index (κ1) is 24.5. The molecule has 2 aliphatic rings. The molecule has 1 aliphatic heterocycles. The fourth-order valence-electron chi connectivity index (χ4n) is 5.72. The molecule has 1 amide bonds. The van der Waals surface area contributed by atoms with Crippen LogP contribution in [0.1, 0.15) is 65.3 Å². The van der Waals surface area contributed by atoms with Gasteiger partial charge in [-0.1, -0.05) is 49.6 Å². The minimum absolute atomic E-state index is 0.279. The Kier molecular flexibility index (Phi) is 6.11. The van der Waals surface area contributed by atoms with Crippen molar-refractivity contribution in [3.63, 3.8) is 0 Å². The van der Waals surface area contributed by atoms with Crippen LogP contribution >= 0.6 is 0 Å². The Bertz CT molecular complexity index is 1660. The number of aromatic nitrogens is 5. The van der Waals surface area contributed by atoms with E-state index >= 15 is 0 Å². The molecular formula is C27H29N7O3S. The number of carbonyl (C=O) groups is 1. The Labute approximate surface area is 220 Å². The number of benzene rings is 2. The summed E-state index contributed by atoms with van der Waals surface area (Å²) in [5, 5.41) is 15.9. The molecule has 1 saturated carbocycles. The Balaban J connectivity index is 1.59. The lowest BCUT2D eigenvalue weighted by atomic mass is 9.81. The van der Waals surface area contributed by atoms with Crippen LogP contribution in [0.15, 0.2) is 42.5 Å². The first-order chi connectivity index (χ1) is 18.3. The van der Waals surface area contributed by atoms with E-state index in [1.54, 1.807) is 12.1 Å². The third kappa shape index (κ3) is 4.21. The molecule has 11 heteroatoms. The van der Waals surface area contributed by atoms with Gasteiger partial charge in [-0.3, -0.25) is 4.79 Å². The highest BCUT2D eigenvalue weighted by molar-refractivity contribution is 7.87. The van der Waals surface area contributed by atoms with Crippen molar-refractivity contribution < 1.29 is 13.2 Å². The molecule has 0 atom stereocenters. The topological polar surface area (TPSA) is 126 Å². The van der Waals surface area contributed by atoms with Crippen LogP contribution in [0, 0.1) is 0 Å². The molecule has 2 aromatic heterocycles. The molecule has 1 fully saturated rings. The van der Waals surface area contributed by atoms with E-state index in [1.165, 1.54) is 38.9 Å². The first-order valence-corrected chi connectivity index (χ1v) is 14.2. The van der Waals surface area contributed by atoms with E-state index in [-0.39, 0.29) is 5.56 Å². The maximum absolute atomic E-state index is 13.0. The van der Waals surface area contributed by atoms with Crippen LogP contribution < -0.4 is 4.72 Å². The van der Waals surface area contributed by atoms with Gasteiger partial charge >= 0.3 is 10.2 Å². The fraction of sp³-hybridized carbons (Fsp3) is 0.333. The molecule has 196 valence electrons. The normalized spacial score (nSPS) is 16.1. The van der Waals surface area contributed by atoms with Crippen molar-refractivity contribution in [1.82, 2.24) is 34.2 Å². The SMILES string of the molecule is CN(C)S(=O)(=O)NC(=O)c1ccc2c(C3CCCCC3)c3n(c2c1)CC(c1nn[nH]n1)=Cc1ccccc1-3. The maximum atomic E-state index is 13.0. The van der Waals surface area contributed by atoms with E-state index in [0.717, 1.165) is 50.4 Å². The summed E-state index contributed by atoms with van der Waals surface area (Å²) in [7, 11) is -1.16. The summed E-state index contributed by atoms with van der Waals surface area (Å²) in [6.45, 7) is 0.480. The third-order valence-electron chi connectivity index (χ3n) is 7.59. The zero-order chi connectivity index (χ0) is 26.4. The van der Waals surface area contributed by atoms with Crippen molar-refractivity contribution in [2.45, 2.75) is 44.6 Å². The Morgan fingerprint density at radius 1 is 1.11 bits per heavy atom. The van der Waals surface area contributed by atoms with Gasteiger partial charge in [0.05, 0.1) is 12.2 Å². The quantitative estimate of drug-likeness (QED) is 0.402. The monoisotopic (exact) mass is 531 g/mol. The van der Waals surface area contributed by atoms with Crippen molar-refractivity contribution in [3.8, 4) is 11.3 Å². The molecule has 0 spiro atoms. The van der Waals surface area contributed by atoms with Gasteiger partial charge in [0.2, 0.25) is 5.82 Å². The third-order valence-corrected chi connectivity index (χ3v) is 8.99. The van der Waals surface area contributed by atoms with Gasteiger partial charge in [-0.05, 0) is 53.3 Å². The number of fused-ring (bicyclic) bond motifs is 5. The first-order valence-electron chi connectivity index (χ1n) is 12.8. The van der Waals surface area contributed by atoms with Crippen molar-refractivity contribution >= 4 is 38.7 Å². The maximum Gasteiger partial charge on any atom is 0.303 e. The summed E-state index contributed by atoms with van der Waals surface area (Å²) in [5.41, 5.74) is 6.66. The van der Waals surface area contributed by atoms with E-state index in [1.807, 2.05) is 18.2 Å². The number of tetrazole rings is 1. The number of nitrogens with one attached hydrogen (secondary N) is 2. The van der Waals surface area contributed by atoms with Gasteiger partial charge in [0.1, 0.15) is 0 Å². The zero-order valence-electron chi connectivity index (χ0n) is 21.3. The number of rotatable bonds is 5. The molecule has 0 saturated heterocycles. The number of nitrogens with zero attached hydrogens (tertiary/aromatic N) is 5. The molecule has 0 bridgehead atoms. The average molecular weight is 532 g/mol. The zero-order valence-corrected chi connectivity index (χ0v) is 22.1. The summed E-state index contributed by atoms with van der Waals surface area (Å²) < 4.78 is 30.0. The highest BCUT2D eigenvalue weighted by atomic mass is 32.2. The van der Waals surface area contributed by atoms with E-state index < -0.39 is 16.1 Å². The lowest BCUT2D eigenvalue weighted by molar-refractivity contribution is 0.0980. The van der Waals surface area contributed by atoms with Gasteiger partial charge in [-0.25, -0.2) is 4.72 Å². The Hall–Kier alpha value is -3.83. The summed E-state index contributed by atoms with van der Waals surface area (Å²) in [5.74, 6) is 0.245. The minimum atomic E-state index is -3.92. The molecule has 4 aromatic rings. The number of hydrogen-bond acceptors (Lipinski definition) is 6. The fourth-order valence-corrected chi connectivity index (χ4v) is 6.25. The van der Waals surface area contributed by atoms with Gasteiger partial charge in [0.25, 0.3) is 5.91 Å². The predicted octanol–water partition coefficient (Wildman–Crippen LogP) is 3.96. The highest BCUT2D eigenvalue weighted by Gasteiger charge is 2.30. The van der Waals surface area contributed by atoms with Crippen LogP contribution in [0.2, 0.25) is 0 Å². The van der Waals surface area contributed by atoms with Crippen molar-refractivity contribution in [2.75, 3.05) is 14.1 Å². The smallest absolute Gasteiger partial charge is 0.303 e. The van der Waals surface area contributed by atoms with E-state index in [0.29, 0.717) is 18.3 Å². The number of allylic oxidation sites excluding steroid dienone is 1. The second-order valence-electron chi connectivity index (χ2n) is 10.1. The van der Waals surface area contributed by atoms with E-state index in [4.69, 9.17) is 0 Å². The highest BCUT2D eigenvalue weighted by Crippen LogP contribution is 2.47. The molecule has 38 heavy (non-hydrogen) atoms. The molecule has 6 rings (SSSR count). The van der Waals surface area contributed by atoms with E-state index in [9.17, 15) is 13.2 Å². The predicted molar refractivity (Wildman–Crippen MR) is 145 cm³/mol.